The van der Waals surface area contributed by atoms with E-state index in [1.54, 1.807) is 13.3 Å². The molecule has 1 aliphatic rings. The summed E-state index contributed by atoms with van der Waals surface area (Å²) in [4.78, 5) is 4.13. The molecule has 1 atom stereocenters. The molecule has 1 aromatic heterocycles. The molecule has 0 fully saturated rings. The van der Waals surface area contributed by atoms with Gasteiger partial charge in [-0.15, -0.1) is 0 Å². The Morgan fingerprint density at radius 2 is 1.96 bits per heavy atom. The summed E-state index contributed by atoms with van der Waals surface area (Å²) in [5.41, 5.74) is 5.11. The lowest BCUT2D eigenvalue weighted by Crippen LogP contribution is -2.18. The van der Waals surface area contributed by atoms with Gasteiger partial charge in [0.1, 0.15) is 6.61 Å². The molecule has 0 aliphatic heterocycles. The molecule has 1 heterocycles. The van der Waals surface area contributed by atoms with Crippen LogP contribution >= 0.6 is 0 Å². The van der Waals surface area contributed by atoms with Crippen LogP contribution < -0.4 is 14.8 Å². The number of aryl methyl sites for hydroxylation is 1. The average Bonchev–Trinajstić information content (AvgIpc) is 3.15. The molecule has 0 bridgehead atoms. The van der Waals surface area contributed by atoms with Gasteiger partial charge in [0.25, 0.3) is 0 Å². The summed E-state index contributed by atoms with van der Waals surface area (Å²) in [6, 6.07) is 19.2. The standard InChI is InChI=1S/C23H24N2O2/c1-26-22-11-8-17(13-23(22)27-16-18-5-4-12-24-14-18)15-25-21-10-9-19-6-2-3-7-20(19)21/h2-8,11-14,21,25H,9-10,15-16H2,1H3. The van der Waals surface area contributed by atoms with Gasteiger partial charge in [0.05, 0.1) is 7.11 Å². The Morgan fingerprint density at radius 3 is 2.81 bits per heavy atom. The summed E-state index contributed by atoms with van der Waals surface area (Å²) in [7, 11) is 1.67. The van der Waals surface area contributed by atoms with Crippen LogP contribution in [0.1, 0.15) is 34.7 Å². The first-order chi connectivity index (χ1) is 13.3. The zero-order valence-corrected chi connectivity index (χ0v) is 15.5. The predicted molar refractivity (Wildman–Crippen MR) is 106 cm³/mol. The van der Waals surface area contributed by atoms with Crippen molar-refractivity contribution < 1.29 is 9.47 Å². The van der Waals surface area contributed by atoms with Gasteiger partial charge < -0.3 is 14.8 Å². The van der Waals surface area contributed by atoms with Crippen LogP contribution in [0.4, 0.5) is 0 Å². The summed E-state index contributed by atoms with van der Waals surface area (Å²) in [6.07, 6.45) is 5.88. The Labute approximate surface area is 160 Å². The van der Waals surface area contributed by atoms with E-state index in [0.29, 0.717) is 12.6 Å². The molecule has 0 spiro atoms. The van der Waals surface area contributed by atoms with E-state index in [1.165, 1.54) is 16.7 Å². The minimum atomic E-state index is 0.420. The predicted octanol–water partition coefficient (Wildman–Crippen LogP) is 4.45. The number of ether oxygens (including phenoxy) is 2. The molecule has 1 unspecified atom stereocenters. The average molecular weight is 360 g/mol. The van der Waals surface area contributed by atoms with Crippen LogP contribution in [0, 0.1) is 0 Å². The normalized spacial score (nSPS) is 15.4. The smallest absolute Gasteiger partial charge is 0.161 e. The monoisotopic (exact) mass is 360 g/mol. The van der Waals surface area contributed by atoms with E-state index in [4.69, 9.17) is 9.47 Å². The second-order valence-electron chi connectivity index (χ2n) is 6.81. The van der Waals surface area contributed by atoms with E-state index in [1.807, 2.05) is 24.4 Å². The number of hydrogen-bond donors (Lipinski definition) is 1. The summed E-state index contributed by atoms with van der Waals surface area (Å²) in [6.45, 7) is 1.27. The first-order valence-electron chi connectivity index (χ1n) is 9.33. The number of nitrogens with zero attached hydrogens (tertiary/aromatic N) is 1. The van der Waals surface area contributed by atoms with Gasteiger partial charge in [-0.3, -0.25) is 4.98 Å². The second kappa shape index (κ2) is 8.23. The van der Waals surface area contributed by atoms with Crippen LogP contribution in [-0.2, 0) is 19.6 Å². The van der Waals surface area contributed by atoms with E-state index in [0.717, 1.165) is 36.4 Å². The Balaban J connectivity index is 1.43. The highest BCUT2D eigenvalue weighted by Crippen LogP contribution is 2.32. The van der Waals surface area contributed by atoms with Crippen LogP contribution in [0.5, 0.6) is 11.5 Å². The van der Waals surface area contributed by atoms with E-state index >= 15 is 0 Å². The zero-order valence-electron chi connectivity index (χ0n) is 15.5. The Bertz CT molecular complexity index is 896. The van der Waals surface area contributed by atoms with E-state index in [-0.39, 0.29) is 0 Å². The van der Waals surface area contributed by atoms with E-state index in [9.17, 15) is 0 Å². The number of nitrogens with one attached hydrogen (secondary N) is 1. The van der Waals surface area contributed by atoms with Gasteiger partial charge in [0, 0.05) is 30.5 Å². The maximum Gasteiger partial charge on any atom is 0.161 e. The summed E-state index contributed by atoms with van der Waals surface area (Å²) < 4.78 is 11.4. The Hall–Kier alpha value is -2.85. The number of hydrogen-bond acceptors (Lipinski definition) is 4. The fourth-order valence-corrected chi connectivity index (χ4v) is 3.60. The fraction of sp³-hybridized carbons (Fsp3) is 0.261. The Morgan fingerprint density at radius 1 is 1.04 bits per heavy atom. The topological polar surface area (TPSA) is 43.4 Å². The first-order valence-corrected chi connectivity index (χ1v) is 9.33. The van der Waals surface area contributed by atoms with Crippen LogP contribution in [0.15, 0.2) is 67.0 Å². The SMILES string of the molecule is COc1ccc(CNC2CCc3ccccc32)cc1OCc1cccnc1. The summed E-state index contributed by atoms with van der Waals surface area (Å²) in [5, 5.41) is 3.69. The highest BCUT2D eigenvalue weighted by molar-refractivity contribution is 5.43. The second-order valence-corrected chi connectivity index (χ2v) is 6.81. The van der Waals surface area contributed by atoms with Crippen LogP contribution in [0.2, 0.25) is 0 Å². The van der Waals surface area contributed by atoms with Crippen molar-refractivity contribution in [2.24, 2.45) is 0 Å². The molecule has 4 nitrogen and oxygen atoms in total. The largest absolute Gasteiger partial charge is 0.493 e. The number of rotatable bonds is 7. The van der Waals surface area contributed by atoms with Crippen molar-refractivity contribution in [3.05, 3.63) is 89.2 Å². The van der Waals surface area contributed by atoms with Gasteiger partial charge in [-0.05, 0) is 47.7 Å². The van der Waals surface area contributed by atoms with Crippen molar-refractivity contribution in [3.63, 3.8) is 0 Å². The van der Waals surface area contributed by atoms with Gasteiger partial charge in [-0.2, -0.15) is 0 Å². The van der Waals surface area contributed by atoms with Crippen LogP contribution in [-0.4, -0.2) is 12.1 Å². The van der Waals surface area contributed by atoms with Gasteiger partial charge in [-0.25, -0.2) is 0 Å². The van der Waals surface area contributed by atoms with Gasteiger partial charge in [0.15, 0.2) is 11.5 Å². The summed E-state index contributed by atoms with van der Waals surface area (Å²) >= 11 is 0. The quantitative estimate of drug-likeness (QED) is 0.676. The lowest BCUT2D eigenvalue weighted by atomic mass is 10.1. The maximum absolute atomic E-state index is 5.99. The van der Waals surface area contributed by atoms with Crippen molar-refractivity contribution in [1.29, 1.82) is 0 Å². The lowest BCUT2D eigenvalue weighted by Gasteiger charge is -2.16. The molecule has 0 saturated heterocycles. The van der Waals surface area contributed by atoms with E-state index in [2.05, 4.69) is 46.7 Å². The number of benzene rings is 2. The molecule has 4 heteroatoms. The first kappa shape index (κ1) is 17.6. The van der Waals surface area contributed by atoms with Crippen molar-refractivity contribution in [2.45, 2.75) is 32.0 Å². The van der Waals surface area contributed by atoms with Gasteiger partial charge >= 0.3 is 0 Å². The molecule has 0 radical (unpaired) electrons. The van der Waals surface area contributed by atoms with E-state index < -0.39 is 0 Å². The molecule has 1 aliphatic carbocycles. The number of pyridine rings is 1. The molecular formula is C23H24N2O2. The zero-order chi connectivity index (χ0) is 18.5. The third-order valence-corrected chi connectivity index (χ3v) is 5.03. The highest BCUT2D eigenvalue weighted by atomic mass is 16.5. The third kappa shape index (κ3) is 4.12. The maximum atomic E-state index is 5.99. The molecule has 4 rings (SSSR count). The molecular weight excluding hydrogens is 336 g/mol. The molecule has 0 saturated carbocycles. The Kier molecular flexibility index (Phi) is 5.35. The third-order valence-electron chi connectivity index (χ3n) is 5.03. The van der Waals surface area contributed by atoms with Crippen LogP contribution in [0.3, 0.4) is 0 Å². The molecule has 0 amide bonds. The number of methoxy groups -OCH3 is 1. The van der Waals surface area contributed by atoms with Gasteiger partial charge in [-0.1, -0.05) is 36.4 Å². The summed E-state index contributed by atoms with van der Waals surface area (Å²) in [5.74, 6) is 1.50. The van der Waals surface area contributed by atoms with Crippen molar-refractivity contribution in [3.8, 4) is 11.5 Å². The highest BCUT2D eigenvalue weighted by Gasteiger charge is 2.21. The minimum absolute atomic E-state index is 0.420. The van der Waals surface area contributed by atoms with Crippen molar-refractivity contribution >= 4 is 0 Å². The fourth-order valence-electron chi connectivity index (χ4n) is 3.60. The number of fused-ring (bicyclic) bond motifs is 1. The molecule has 27 heavy (non-hydrogen) atoms. The molecule has 138 valence electrons. The minimum Gasteiger partial charge on any atom is -0.493 e. The molecule has 1 N–H and O–H groups in total. The molecule has 3 aromatic rings. The lowest BCUT2D eigenvalue weighted by molar-refractivity contribution is 0.283. The van der Waals surface area contributed by atoms with Crippen LogP contribution in [0.25, 0.3) is 0 Å². The number of aromatic nitrogens is 1. The van der Waals surface area contributed by atoms with Crippen molar-refractivity contribution in [2.75, 3.05) is 7.11 Å². The van der Waals surface area contributed by atoms with Crippen molar-refractivity contribution in [1.82, 2.24) is 10.3 Å². The van der Waals surface area contributed by atoms with Gasteiger partial charge in [0.2, 0.25) is 0 Å². The molecule has 2 aromatic carbocycles.